The van der Waals surface area contributed by atoms with Gasteiger partial charge in [-0.3, -0.25) is 4.79 Å². The monoisotopic (exact) mass is 249 g/mol. The minimum Gasteiger partial charge on any atom is -0.496 e. The number of nitrogens with two attached hydrogens (primary N) is 1. The number of fused-ring (bicyclic) bond motifs is 1. The van der Waals surface area contributed by atoms with E-state index in [-0.39, 0.29) is 12.5 Å². The maximum atomic E-state index is 10.6. The van der Waals surface area contributed by atoms with E-state index in [9.17, 15) is 4.79 Å². The summed E-state index contributed by atoms with van der Waals surface area (Å²) in [7, 11) is 1.63. The number of aliphatic carboxylic acids is 1. The molecule has 1 aromatic rings. The number of carboxylic acids is 1. The Labute approximate surface area is 107 Å². The van der Waals surface area contributed by atoms with E-state index in [1.54, 1.807) is 7.11 Å². The fourth-order valence-corrected chi connectivity index (χ4v) is 2.68. The lowest BCUT2D eigenvalue weighted by Crippen LogP contribution is -2.15. The molecule has 0 aromatic heterocycles. The Balaban J connectivity index is 2.29. The summed E-state index contributed by atoms with van der Waals surface area (Å²) >= 11 is 0. The van der Waals surface area contributed by atoms with Crippen LogP contribution < -0.4 is 10.5 Å². The SMILES string of the molecule is COc1ccc2c(c1C(N)CCC(=O)O)CCC2. The molecule has 0 spiro atoms. The molecule has 0 saturated carbocycles. The zero-order valence-corrected chi connectivity index (χ0v) is 10.6. The van der Waals surface area contributed by atoms with E-state index in [1.807, 2.05) is 6.07 Å². The summed E-state index contributed by atoms with van der Waals surface area (Å²) in [6, 6.07) is 3.78. The topological polar surface area (TPSA) is 72.5 Å². The van der Waals surface area contributed by atoms with Crippen LogP contribution in [0.2, 0.25) is 0 Å². The van der Waals surface area contributed by atoms with Crippen molar-refractivity contribution in [1.29, 1.82) is 0 Å². The van der Waals surface area contributed by atoms with E-state index in [2.05, 4.69) is 6.07 Å². The van der Waals surface area contributed by atoms with Gasteiger partial charge < -0.3 is 15.6 Å². The van der Waals surface area contributed by atoms with Crippen LogP contribution in [-0.2, 0) is 17.6 Å². The fraction of sp³-hybridized carbons (Fsp3) is 0.500. The van der Waals surface area contributed by atoms with Gasteiger partial charge >= 0.3 is 5.97 Å². The van der Waals surface area contributed by atoms with Crippen molar-refractivity contribution in [3.8, 4) is 5.75 Å². The molecule has 1 aromatic carbocycles. The highest BCUT2D eigenvalue weighted by Crippen LogP contribution is 2.36. The molecule has 0 amide bonds. The molecule has 4 nitrogen and oxygen atoms in total. The van der Waals surface area contributed by atoms with E-state index in [1.165, 1.54) is 11.1 Å². The summed E-state index contributed by atoms with van der Waals surface area (Å²) in [5.41, 5.74) is 9.76. The molecule has 4 heteroatoms. The molecule has 2 rings (SSSR count). The van der Waals surface area contributed by atoms with Crippen molar-refractivity contribution in [2.75, 3.05) is 7.11 Å². The third-order valence-electron chi connectivity index (χ3n) is 3.55. The van der Waals surface area contributed by atoms with Crippen LogP contribution in [0.4, 0.5) is 0 Å². The Morgan fingerprint density at radius 3 is 2.94 bits per heavy atom. The van der Waals surface area contributed by atoms with Crippen LogP contribution in [0.15, 0.2) is 12.1 Å². The second-order valence-electron chi connectivity index (χ2n) is 4.71. The van der Waals surface area contributed by atoms with Crippen molar-refractivity contribution >= 4 is 5.97 Å². The molecule has 1 unspecified atom stereocenters. The number of aryl methyl sites for hydroxylation is 1. The number of rotatable bonds is 5. The molecule has 1 aliphatic carbocycles. The van der Waals surface area contributed by atoms with E-state index < -0.39 is 5.97 Å². The molecule has 0 saturated heterocycles. The number of hydrogen-bond donors (Lipinski definition) is 2. The lowest BCUT2D eigenvalue weighted by molar-refractivity contribution is -0.137. The molecule has 1 atom stereocenters. The lowest BCUT2D eigenvalue weighted by Gasteiger charge is -2.19. The normalized spacial score (nSPS) is 15.2. The quantitative estimate of drug-likeness (QED) is 0.837. The molecular weight excluding hydrogens is 230 g/mol. The van der Waals surface area contributed by atoms with Gasteiger partial charge in [0.15, 0.2) is 0 Å². The summed E-state index contributed by atoms with van der Waals surface area (Å²) in [6.45, 7) is 0. The van der Waals surface area contributed by atoms with Crippen molar-refractivity contribution < 1.29 is 14.6 Å². The highest BCUT2D eigenvalue weighted by molar-refractivity contribution is 5.66. The summed E-state index contributed by atoms with van der Waals surface area (Å²) in [4.78, 5) is 10.6. The molecule has 0 heterocycles. The van der Waals surface area contributed by atoms with Crippen molar-refractivity contribution in [3.05, 3.63) is 28.8 Å². The van der Waals surface area contributed by atoms with Gasteiger partial charge in [0, 0.05) is 18.0 Å². The van der Waals surface area contributed by atoms with Gasteiger partial charge in [0.1, 0.15) is 5.75 Å². The van der Waals surface area contributed by atoms with Crippen LogP contribution >= 0.6 is 0 Å². The van der Waals surface area contributed by atoms with E-state index >= 15 is 0 Å². The first kappa shape index (κ1) is 12.9. The zero-order valence-electron chi connectivity index (χ0n) is 10.6. The lowest BCUT2D eigenvalue weighted by atomic mass is 9.94. The van der Waals surface area contributed by atoms with Gasteiger partial charge in [0.25, 0.3) is 0 Å². The van der Waals surface area contributed by atoms with Crippen molar-refractivity contribution in [2.45, 2.75) is 38.1 Å². The maximum Gasteiger partial charge on any atom is 0.303 e. The number of hydrogen-bond acceptors (Lipinski definition) is 3. The summed E-state index contributed by atoms with van der Waals surface area (Å²) in [5.74, 6) is -0.0227. The van der Waals surface area contributed by atoms with Gasteiger partial charge in [-0.2, -0.15) is 0 Å². The highest BCUT2D eigenvalue weighted by atomic mass is 16.5. The number of carbonyl (C=O) groups is 1. The molecule has 98 valence electrons. The third-order valence-corrected chi connectivity index (χ3v) is 3.55. The molecule has 0 aliphatic heterocycles. The number of benzene rings is 1. The van der Waals surface area contributed by atoms with Crippen molar-refractivity contribution in [2.24, 2.45) is 5.73 Å². The van der Waals surface area contributed by atoms with E-state index in [4.69, 9.17) is 15.6 Å². The molecule has 0 radical (unpaired) electrons. The van der Waals surface area contributed by atoms with Crippen molar-refractivity contribution in [3.63, 3.8) is 0 Å². The average molecular weight is 249 g/mol. The Morgan fingerprint density at radius 2 is 2.28 bits per heavy atom. The Kier molecular flexibility index (Phi) is 3.87. The second kappa shape index (κ2) is 5.40. The van der Waals surface area contributed by atoms with Gasteiger partial charge in [-0.1, -0.05) is 6.07 Å². The first-order valence-electron chi connectivity index (χ1n) is 6.29. The van der Waals surface area contributed by atoms with Gasteiger partial charge in [-0.05, 0) is 42.9 Å². The average Bonchev–Trinajstić information content (AvgIpc) is 2.82. The summed E-state index contributed by atoms with van der Waals surface area (Å²) < 4.78 is 5.37. The van der Waals surface area contributed by atoms with Crippen LogP contribution in [0.1, 0.15) is 42.0 Å². The van der Waals surface area contributed by atoms with Crippen LogP contribution in [0.25, 0.3) is 0 Å². The first-order valence-corrected chi connectivity index (χ1v) is 6.29. The molecular formula is C14H19NO3. The minimum absolute atomic E-state index is 0.0913. The number of ether oxygens (including phenoxy) is 1. The van der Waals surface area contributed by atoms with Crippen LogP contribution in [0.3, 0.4) is 0 Å². The number of methoxy groups -OCH3 is 1. The molecule has 18 heavy (non-hydrogen) atoms. The van der Waals surface area contributed by atoms with Crippen LogP contribution in [0.5, 0.6) is 5.75 Å². The molecule has 0 bridgehead atoms. The Morgan fingerprint density at radius 1 is 1.50 bits per heavy atom. The minimum atomic E-state index is -0.808. The maximum absolute atomic E-state index is 10.6. The van der Waals surface area contributed by atoms with E-state index in [0.29, 0.717) is 6.42 Å². The van der Waals surface area contributed by atoms with Crippen LogP contribution in [0, 0.1) is 0 Å². The van der Waals surface area contributed by atoms with Crippen molar-refractivity contribution in [1.82, 2.24) is 0 Å². The Bertz CT molecular complexity index is 457. The smallest absolute Gasteiger partial charge is 0.303 e. The second-order valence-corrected chi connectivity index (χ2v) is 4.71. The van der Waals surface area contributed by atoms with Gasteiger partial charge in [0.2, 0.25) is 0 Å². The Hall–Kier alpha value is -1.55. The predicted octanol–water partition coefficient (Wildman–Crippen LogP) is 2.05. The van der Waals surface area contributed by atoms with Gasteiger partial charge in [-0.25, -0.2) is 0 Å². The largest absolute Gasteiger partial charge is 0.496 e. The van der Waals surface area contributed by atoms with Gasteiger partial charge in [0.05, 0.1) is 7.11 Å². The first-order chi connectivity index (χ1) is 8.63. The summed E-state index contributed by atoms with van der Waals surface area (Å²) in [6.07, 6.45) is 3.78. The van der Waals surface area contributed by atoms with E-state index in [0.717, 1.165) is 30.6 Å². The third kappa shape index (κ3) is 2.48. The van der Waals surface area contributed by atoms with Gasteiger partial charge in [-0.15, -0.1) is 0 Å². The fourth-order valence-electron chi connectivity index (χ4n) is 2.68. The van der Waals surface area contributed by atoms with Crippen LogP contribution in [-0.4, -0.2) is 18.2 Å². The highest BCUT2D eigenvalue weighted by Gasteiger charge is 2.22. The molecule has 3 N–H and O–H groups in total. The standard InChI is InChI=1S/C14H19NO3/c1-18-12-7-5-9-3-2-4-10(9)14(12)11(15)6-8-13(16)17/h5,7,11H,2-4,6,8,15H2,1H3,(H,16,17). The number of carboxylic acid groups (broad SMARTS) is 1. The molecule has 1 aliphatic rings. The molecule has 0 fully saturated rings. The predicted molar refractivity (Wildman–Crippen MR) is 68.8 cm³/mol. The zero-order chi connectivity index (χ0) is 13.1. The summed E-state index contributed by atoms with van der Waals surface area (Å²) in [5, 5.41) is 8.74.